The first kappa shape index (κ1) is 47.6. The molecule has 4 nitrogen and oxygen atoms in total. The average Bonchev–Trinajstić information content (AvgIpc) is 3.08. The Balaban J connectivity index is 7.04. The monoisotopic (exact) mass is 702 g/mol. The molecule has 0 rings (SSSR count). The third kappa shape index (κ3) is 23.6. The molecule has 5 heteroatoms. The van der Waals surface area contributed by atoms with Crippen LogP contribution in [0.25, 0.3) is 0 Å². The second kappa shape index (κ2) is 36.3. The summed E-state index contributed by atoms with van der Waals surface area (Å²) in [7, 11) is 0. The van der Waals surface area contributed by atoms with E-state index >= 15 is 0 Å². The molecular formula is C42H91N3OTi. The molecule has 0 saturated heterocycles. The van der Waals surface area contributed by atoms with Gasteiger partial charge in [-0.3, -0.25) is 0 Å². The molecular weight excluding hydrogens is 610 g/mol. The zero-order valence-corrected chi connectivity index (χ0v) is 35.6. The van der Waals surface area contributed by atoms with Gasteiger partial charge >= 0.3 is 305 Å². The van der Waals surface area contributed by atoms with Crippen LogP contribution in [0.3, 0.4) is 0 Å². The Bertz CT molecular complexity index is 501. The van der Waals surface area contributed by atoms with E-state index in [4.69, 9.17) is 3.32 Å². The van der Waals surface area contributed by atoms with Gasteiger partial charge in [0.1, 0.15) is 0 Å². The van der Waals surface area contributed by atoms with E-state index in [-0.39, 0.29) is 0 Å². The number of hydrogen-bond donors (Lipinski definition) is 0. The predicted molar refractivity (Wildman–Crippen MR) is 210 cm³/mol. The number of nitrogens with zero attached hydrogens (tertiary/aromatic N) is 3. The maximum atomic E-state index is 7.87. The van der Waals surface area contributed by atoms with Gasteiger partial charge in [-0.05, 0) is 0 Å². The van der Waals surface area contributed by atoms with Crippen molar-refractivity contribution in [2.45, 2.75) is 228 Å². The van der Waals surface area contributed by atoms with E-state index in [9.17, 15) is 0 Å². The molecule has 0 radical (unpaired) electrons. The van der Waals surface area contributed by atoms with E-state index < -0.39 is 17.7 Å². The van der Waals surface area contributed by atoms with Crippen LogP contribution in [0.15, 0.2) is 0 Å². The first-order chi connectivity index (χ1) is 23.1. The molecule has 0 unspecified atom stereocenters. The summed E-state index contributed by atoms with van der Waals surface area (Å²) in [5.74, 6) is 0. The van der Waals surface area contributed by atoms with E-state index in [2.05, 4.69) is 58.6 Å². The Morgan fingerprint density at radius 1 is 0.277 bits per heavy atom. The van der Waals surface area contributed by atoms with E-state index in [1.807, 2.05) is 0 Å². The van der Waals surface area contributed by atoms with Gasteiger partial charge in [0, 0.05) is 0 Å². The first-order valence-corrected chi connectivity index (χ1v) is 24.7. The predicted octanol–water partition coefficient (Wildman–Crippen LogP) is 13.8. The average molecular weight is 702 g/mol. The van der Waals surface area contributed by atoms with Gasteiger partial charge in [0.15, 0.2) is 0 Å². The molecule has 284 valence electrons. The number of hydrogen-bond acceptors (Lipinski definition) is 4. The van der Waals surface area contributed by atoms with Crippen LogP contribution in [0.2, 0.25) is 0 Å². The molecule has 0 aromatic rings. The standard InChI is InChI=1S/3C12H26N.C6H13O.Ti/c3*1-3-5-7-9-11-13-12-10-8-6-4-2;1-2-3-4-5-6-7;/h3*3-12H2,1-2H3;2-6H2,1H3;/q4*-1;+4. The summed E-state index contributed by atoms with van der Waals surface area (Å²) in [5, 5.41) is 0. The molecule has 47 heavy (non-hydrogen) atoms. The summed E-state index contributed by atoms with van der Waals surface area (Å²) >= 11 is -3.37. The number of rotatable bonds is 39. The van der Waals surface area contributed by atoms with Crippen LogP contribution in [-0.2, 0) is 21.1 Å². The molecule has 0 fully saturated rings. The van der Waals surface area contributed by atoms with Crippen LogP contribution in [0.4, 0.5) is 0 Å². The second-order valence-electron chi connectivity index (χ2n) is 14.8. The molecule has 0 aliphatic carbocycles. The Hall–Kier alpha value is 0.554. The van der Waals surface area contributed by atoms with Gasteiger partial charge in [-0.15, -0.1) is 0 Å². The van der Waals surface area contributed by atoms with Crippen molar-refractivity contribution in [3.8, 4) is 0 Å². The van der Waals surface area contributed by atoms with Gasteiger partial charge in [0.25, 0.3) is 0 Å². The van der Waals surface area contributed by atoms with Crippen LogP contribution in [-0.4, -0.2) is 56.0 Å². The fourth-order valence-electron chi connectivity index (χ4n) is 7.20. The quantitative estimate of drug-likeness (QED) is 0.0469. The molecule has 0 amide bonds. The Morgan fingerprint density at radius 2 is 0.489 bits per heavy atom. The van der Waals surface area contributed by atoms with Crippen molar-refractivity contribution in [1.29, 1.82) is 0 Å². The second-order valence-corrected chi connectivity index (χ2v) is 20.0. The van der Waals surface area contributed by atoms with Crippen LogP contribution in [0, 0.1) is 0 Å². The molecule has 0 bridgehead atoms. The van der Waals surface area contributed by atoms with Gasteiger partial charge in [-0.2, -0.15) is 0 Å². The van der Waals surface area contributed by atoms with Crippen LogP contribution in [0.1, 0.15) is 228 Å². The summed E-state index contributed by atoms with van der Waals surface area (Å²) in [6, 6.07) is 0. The van der Waals surface area contributed by atoms with E-state index in [1.54, 1.807) is 0 Å². The van der Waals surface area contributed by atoms with Gasteiger partial charge in [0.05, 0.1) is 0 Å². The SMILES string of the molecule is CCCCCC[O][Ti]([N](CCCCCC)CCCCCC)([N](CCCCCC)CCCCCC)[N](CCCCCC)CCCCCC. The topological polar surface area (TPSA) is 19.0 Å². The molecule has 0 N–H and O–H groups in total. The van der Waals surface area contributed by atoms with Crippen molar-refractivity contribution in [2.75, 3.05) is 45.9 Å². The van der Waals surface area contributed by atoms with Gasteiger partial charge in [0.2, 0.25) is 0 Å². The van der Waals surface area contributed by atoms with Crippen molar-refractivity contribution >= 4 is 0 Å². The number of unbranched alkanes of at least 4 members (excludes halogenated alkanes) is 21. The maximum absolute atomic E-state index is 7.87. The fraction of sp³-hybridized carbons (Fsp3) is 1.00. The summed E-state index contributed by atoms with van der Waals surface area (Å²) in [6.07, 6.45) is 37.6. The van der Waals surface area contributed by atoms with Crippen molar-refractivity contribution < 1.29 is 21.1 Å². The Kier molecular flexibility index (Phi) is 36.8. The first-order valence-electron chi connectivity index (χ1n) is 22.0. The molecule has 0 heterocycles. The molecule has 0 spiro atoms. The van der Waals surface area contributed by atoms with E-state index in [0.717, 1.165) is 6.61 Å². The Morgan fingerprint density at radius 3 is 0.702 bits per heavy atom. The zero-order chi connectivity index (χ0) is 34.7. The van der Waals surface area contributed by atoms with Gasteiger partial charge in [-0.1, -0.05) is 0 Å². The summed E-state index contributed by atoms with van der Waals surface area (Å²) < 4.78 is 17.2. The molecule has 0 saturated carbocycles. The minimum absolute atomic E-state index is 0.973. The summed E-state index contributed by atoms with van der Waals surface area (Å²) in [4.78, 5) is 0. The molecule has 0 aliphatic heterocycles. The van der Waals surface area contributed by atoms with E-state index in [1.165, 1.54) is 219 Å². The molecule has 0 atom stereocenters. The molecule has 0 aliphatic rings. The normalized spacial score (nSPS) is 12.4. The molecule has 0 aromatic carbocycles. The zero-order valence-electron chi connectivity index (χ0n) is 34.0. The Labute approximate surface area is 304 Å². The van der Waals surface area contributed by atoms with Gasteiger partial charge in [-0.25, -0.2) is 0 Å². The molecule has 0 aromatic heterocycles. The van der Waals surface area contributed by atoms with E-state index in [0.29, 0.717) is 0 Å². The van der Waals surface area contributed by atoms with Crippen molar-refractivity contribution in [1.82, 2.24) is 10.1 Å². The third-order valence-corrected chi connectivity index (χ3v) is 17.1. The van der Waals surface area contributed by atoms with Crippen molar-refractivity contribution in [3.63, 3.8) is 0 Å². The van der Waals surface area contributed by atoms with Crippen LogP contribution < -0.4 is 0 Å². The minimum atomic E-state index is -3.37. The van der Waals surface area contributed by atoms with Crippen LogP contribution in [0.5, 0.6) is 0 Å². The van der Waals surface area contributed by atoms with Crippen molar-refractivity contribution in [2.24, 2.45) is 0 Å². The summed E-state index contributed by atoms with van der Waals surface area (Å²) in [5.41, 5.74) is 0. The summed E-state index contributed by atoms with van der Waals surface area (Å²) in [6.45, 7) is 25.0. The fourth-order valence-corrected chi connectivity index (χ4v) is 14.8. The van der Waals surface area contributed by atoms with Gasteiger partial charge < -0.3 is 0 Å². The van der Waals surface area contributed by atoms with Crippen LogP contribution >= 0.6 is 0 Å². The third-order valence-electron chi connectivity index (χ3n) is 10.2. The van der Waals surface area contributed by atoms with Crippen molar-refractivity contribution in [3.05, 3.63) is 0 Å².